The summed E-state index contributed by atoms with van der Waals surface area (Å²) in [5.41, 5.74) is -0.258. The van der Waals surface area contributed by atoms with E-state index < -0.39 is 0 Å². The first-order chi connectivity index (χ1) is 9.61. The van der Waals surface area contributed by atoms with Crippen LogP contribution in [-0.4, -0.2) is 45.2 Å². The Morgan fingerprint density at radius 3 is 3.15 bits per heavy atom. The standard InChI is InChI=1S/C12H20N4O3S/c1-3-13-10(17)8(2)20-12-15-14-11(18)16(12)7-9-5-4-6-19-9/h8-9H,3-7H2,1-2H3,(H,13,17)(H,14,18)/t8-,9+/m1/s1. The summed E-state index contributed by atoms with van der Waals surface area (Å²) < 4.78 is 7.09. The Labute approximate surface area is 121 Å². The minimum atomic E-state index is -0.298. The second kappa shape index (κ2) is 6.94. The van der Waals surface area contributed by atoms with Crippen LogP contribution in [0, 0.1) is 0 Å². The Balaban J connectivity index is 2.04. The number of nitrogens with zero attached hydrogens (tertiary/aromatic N) is 2. The van der Waals surface area contributed by atoms with Crippen LogP contribution in [-0.2, 0) is 16.1 Å². The number of rotatable bonds is 6. The summed E-state index contributed by atoms with van der Waals surface area (Å²) in [7, 11) is 0. The quantitative estimate of drug-likeness (QED) is 0.741. The van der Waals surface area contributed by atoms with Gasteiger partial charge in [-0.3, -0.25) is 9.36 Å². The van der Waals surface area contributed by atoms with Crippen LogP contribution in [0.1, 0.15) is 26.7 Å². The molecule has 0 aromatic carbocycles. The molecule has 1 amide bonds. The van der Waals surface area contributed by atoms with E-state index in [1.165, 1.54) is 11.8 Å². The highest BCUT2D eigenvalue weighted by Crippen LogP contribution is 2.21. The van der Waals surface area contributed by atoms with Crippen molar-refractivity contribution in [2.24, 2.45) is 0 Å². The lowest BCUT2D eigenvalue weighted by Crippen LogP contribution is -2.31. The van der Waals surface area contributed by atoms with Crippen molar-refractivity contribution in [3.63, 3.8) is 0 Å². The van der Waals surface area contributed by atoms with E-state index in [2.05, 4.69) is 15.5 Å². The van der Waals surface area contributed by atoms with Gasteiger partial charge in [0.15, 0.2) is 5.16 Å². The third-order valence-electron chi connectivity index (χ3n) is 3.14. The smallest absolute Gasteiger partial charge is 0.344 e. The predicted molar refractivity (Wildman–Crippen MR) is 75.8 cm³/mol. The zero-order valence-electron chi connectivity index (χ0n) is 11.7. The molecule has 1 aliphatic heterocycles. The summed E-state index contributed by atoms with van der Waals surface area (Å²) in [4.78, 5) is 23.5. The number of carbonyl (C=O) groups excluding carboxylic acids is 1. The number of hydrogen-bond donors (Lipinski definition) is 2. The van der Waals surface area contributed by atoms with E-state index >= 15 is 0 Å². The van der Waals surface area contributed by atoms with Crippen molar-refractivity contribution in [2.75, 3.05) is 13.2 Å². The molecule has 0 saturated carbocycles. The number of H-pyrrole nitrogens is 1. The van der Waals surface area contributed by atoms with Gasteiger partial charge in [-0.15, -0.1) is 5.10 Å². The fraction of sp³-hybridized carbons (Fsp3) is 0.750. The number of carbonyl (C=O) groups is 1. The highest BCUT2D eigenvalue weighted by molar-refractivity contribution is 8.00. The maximum absolute atomic E-state index is 11.8. The average Bonchev–Trinajstić information content (AvgIpc) is 3.04. The van der Waals surface area contributed by atoms with Gasteiger partial charge in [0, 0.05) is 13.2 Å². The summed E-state index contributed by atoms with van der Waals surface area (Å²) >= 11 is 1.28. The molecule has 112 valence electrons. The van der Waals surface area contributed by atoms with Gasteiger partial charge in [0.1, 0.15) is 0 Å². The molecule has 1 fully saturated rings. The van der Waals surface area contributed by atoms with Crippen molar-refractivity contribution in [3.05, 3.63) is 10.5 Å². The van der Waals surface area contributed by atoms with Gasteiger partial charge in [-0.1, -0.05) is 11.8 Å². The Morgan fingerprint density at radius 2 is 2.50 bits per heavy atom. The molecule has 1 aromatic heterocycles. The Hall–Kier alpha value is -1.28. The molecule has 0 radical (unpaired) electrons. The third-order valence-corrected chi connectivity index (χ3v) is 4.23. The van der Waals surface area contributed by atoms with Crippen LogP contribution in [0.2, 0.25) is 0 Å². The normalized spacial score (nSPS) is 20.0. The van der Waals surface area contributed by atoms with Gasteiger partial charge < -0.3 is 10.1 Å². The Morgan fingerprint density at radius 1 is 1.70 bits per heavy atom. The van der Waals surface area contributed by atoms with Gasteiger partial charge in [-0.2, -0.15) is 0 Å². The van der Waals surface area contributed by atoms with Crippen molar-refractivity contribution < 1.29 is 9.53 Å². The van der Waals surface area contributed by atoms with E-state index in [4.69, 9.17) is 4.74 Å². The van der Waals surface area contributed by atoms with E-state index in [-0.39, 0.29) is 23.0 Å². The highest BCUT2D eigenvalue weighted by atomic mass is 32.2. The number of thioether (sulfide) groups is 1. The fourth-order valence-electron chi connectivity index (χ4n) is 2.08. The minimum Gasteiger partial charge on any atom is -0.376 e. The number of aromatic nitrogens is 3. The van der Waals surface area contributed by atoms with Crippen molar-refractivity contribution in [3.8, 4) is 0 Å². The van der Waals surface area contributed by atoms with E-state index in [0.29, 0.717) is 18.2 Å². The number of hydrogen-bond acceptors (Lipinski definition) is 5. The molecule has 0 bridgehead atoms. The molecule has 8 heteroatoms. The first kappa shape index (κ1) is 15.1. The number of nitrogens with one attached hydrogen (secondary N) is 2. The summed E-state index contributed by atoms with van der Waals surface area (Å²) in [6.45, 7) is 5.49. The molecule has 0 aliphatic carbocycles. The number of ether oxygens (including phenoxy) is 1. The van der Waals surface area contributed by atoms with Crippen LogP contribution in [0.15, 0.2) is 9.95 Å². The molecule has 1 aromatic rings. The van der Waals surface area contributed by atoms with Crippen LogP contribution in [0.5, 0.6) is 0 Å². The van der Waals surface area contributed by atoms with Crippen molar-refractivity contribution in [1.29, 1.82) is 0 Å². The molecular weight excluding hydrogens is 280 g/mol. The van der Waals surface area contributed by atoms with Crippen molar-refractivity contribution >= 4 is 17.7 Å². The molecule has 2 atom stereocenters. The topological polar surface area (TPSA) is 89.0 Å². The number of aromatic amines is 1. The maximum Gasteiger partial charge on any atom is 0.344 e. The first-order valence-corrected chi connectivity index (χ1v) is 7.71. The summed E-state index contributed by atoms with van der Waals surface area (Å²) in [6, 6.07) is 0. The van der Waals surface area contributed by atoms with Gasteiger partial charge in [-0.25, -0.2) is 9.89 Å². The monoisotopic (exact) mass is 300 g/mol. The molecule has 2 rings (SSSR count). The average molecular weight is 300 g/mol. The van der Waals surface area contributed by atoms with Gasteiger partial charge in [-0.05, 0) is 26.7 Å². The lowest BCUT2D eigenvalue weighted by atomic mass is 10.2. The summed E-state index contributed by atoms with van der Waals surface area (Å²) in [5.74, 6) is -0.0587. The van der Waals surface area contributed by atoms with Crippen LogP contribution in [0.3, 0.4) is 0 Å². The van der Waals surface area contributed by atoms with E-state index in [9.17, 15) is 9.59 Å². The van der Waals surface area contributed by atoms with Crippen LogP contribution in [0.25, 0.3) is 0 Å². The maximum atomic E-state index is 11.8. The second-order valence-electron chi connectivity index (χ2n) is 4.71. The van der Waals surface area contributed by atoms with Gasteiger partial charge in [0.05, 0.1) is 17.9 Å². The van der Waals surface area contributed by atoms with Gasteiger partial charge in [0.25, 0.3) is 0 Å². The molecule has 2 N–H and O–H groups in total. The van der Waals surface area contributed by atoms with Crippen LogP contribution >= 0.6 is 11.8 Å². The summed E-state index contributed by atoms with van der Waals surface area (Å²) in [6.07, 6.45) is 2.03. The molecule has 2 heterocycles. The number of amides is 1. The second-order valence-corrected chi connectivity index (χ2v) is 6.02. The molecule has 0 spiro atoms. The van der Waals surface area contributed by atoms with Gasteiger partial charge >= 0.3 is 5.69 Å². The van der Waals surface area contributed by atoms with Crippen LogP contribution < -0.4 is 11.0 Å². The zero-order valence-corrected chi connectivity index (χ0v) is 12.5. The van der Waals surface area contributed by atoms with Crippen molar-refractivity contribution in [2.45, 2.75) is 49.7 Å². The van der Waals surface area contributed by atoms with E-state index in [1.54, 1.807) is 11.5 Å². The SMILES string of the molecule is CCNC(=O)[C@@H](C)Sc1n[nH]c(=O)n1C[C@@H]1CCCO1. The molecular formula is C12H20N4O3S. The van der Waals surface area contributed by atoms with Crippen molar-refractivity contribution in [1.82, 2.24) is 20.1 Å². The van der Waals surface area contributed by atoms with Gasteiger partial charge in [0.2, 0.25) is 5.91 Å². The highest BCUT2D eigenvalue weighted by Gasteiger charge is 2.22. The lowest BCUT2D eigenvalue weighted by molar-refractivity contribution is -0.120. The molecule has 0 unspecified atom stereocenters. The molecule has 1 saturated heterocycles. The summed E-state index contributed by atoms with van der Waals surface area (Å²) in [5, 5.41) is 9.42. The van der Waals surface area contributed by atoms with Crippen LogP contribution in [0.4, 0.5) is 0 Å². The minimum absolute atomic E-state index is 0.0587. The predicted octanol–water partition coefficient (Wildman–Crippen LogP) is 0.367. The molecule has 7 nitrogen and oxygen atoms in total. The largest absolute Gasteiger partial charge is 0.376 e. The Bertz CT molecular complexity index is 507. The molecule has 20 heavy (non-hydrogen) atoms. The third kappa shape index (κ3) is 3.63. The fourth-order valence-corrected chi connectivity index (χ4v) is 2.97. The Kier molecular flexibility index (Phi) is 5.24. The lowest BCUT2D eigenvalue weighted by Gasteiger charge is -2.13. The van der Waals surface area contributed by atoms with E-state index in [1.807, 2.05) is 6.92 Å². The van der Waals surface area contributed by atoms with E-state index in [0.717, 1.165) is 19.4 Å². The zero-order chi connectivity index (χ0) is 14.5. The molecule has 1 aliphatic rings. The first-order valence-electron chi connectivity index (χ1n) is 6.83.